The number of nitrogens with one attached hydrogen (secondary N) is 2. The van der Waals surface area contributed by atoms with Crippen LogP contribution in [0.5, 0.6) is 5.75 Å². The number of ether oxygens (including phenoxy) is 3. The number of carbonyl (C=O) groups excluding carboxylic acids is 4. The highest BCUT2D eigenvalue weighted by atomic mass is 35.5. The molecule has 48 heavy (non-hydrogen) atoms. The van der Waals surface area contributed by atoms with Crippen LogP contribution < -0.4 is 15.4 Å². The van der Waals surface area contributed by atoms with E-state index in [0.717, 1.165) is 5.56 Å². The fourth-order valence-electron chi connectivity index (χ4n) is 6.08. The monoisotopic (exact) mass is 700 g/mol. The lowest BCUT2D eigenvalue weighted by Crippen LogP contribution is -2.51. The Morgan fingerprint density at radius 2 is 1.46 bits per heavy atom. The van der Waals surface area contributed by atoms with Crippen LogP contribution in [0.25, 0.3) is 0 Å². The van der Waals surface area contributed by atoms with E-state index in [1.165, 1.54) is 14.2 Å². The molecule has 11 nitrogen and oxygen atoms in total. The summed E-state index contributed by atoms with van der Waals surface area (Å²) in [5.41, 5.74) is 2.10. The van der Waals surface area contributed by atoms with Crippen molar-refractivity contribution in [2.75, 3.05) is 54.1 Å². The minimum Gasteiger partial charge on any atom is -0.496 e. The second-order valence-electron chi connectivity index (χ2n) is 11.8. The number of para-hydroxylation sites is 1. The smallest absolute Gasteiger partial charge is 0.336 e. The van der Waals surface area contributed by atoms with E-state index in [4.69, 9.17) is 37.4 Å². The van der Waals surface area contributed by atoms with Crippen molar-refractivity contribution in [3.8, 4) is 5.75 Å². The Bertz CT molecular complexity index is 1580. The molecule has 2 amide bonds. The minimum atomic E-state index is -1.10. The van der Waals surface area contributed by atoms with Crippen LogP contribution in [0.4, 0.5) is 0 Å². The molecule has 2 N–H and O–H groups in total. The Kier molecular flexibility index (Phi) is 12.9. The van der Waals surface area contributed by atoms with E-state index in [2.05, 4.69) is 10.6 Å². The summed E-state index contributed by atoms with van der Waals surface area (Å²) < 4.78 is 16.0. The molecule has 4 rings (SSSR count). The first-order valence-electron chi connectivity index (χ1n) is 15.7. The maximum atomic E-state index is 13.8. The molecule has 2 aromatic carbocycles. The van der Waals surface area contributed by atoms with Gasteiger partial charge in [0, 0.05) is 59.2 Å². The molecule has 0 bridgehead atoms. The number of hydrogen-bond donors (Lipinski definition) is 2. The van der Waals surface area contributed by atoms with Gasteiger partial charge in [-0.3, -0.25) is 14.5 Å². The molecular formula is C35H42Cl2N4O7. The Hall–Kier alpha value is -4.06. The summed E-state index contributed by atoms with van der Waals surface area (Å²) in [6.45, 7) is 5.89. The average Bonchev–Trinajstić information content (AvgIpc) is 3.06. The van der Waals surface area contributed by atoms with Gasteiger partial charge in [0.2, 0.25) is 11.8 Å². The third-order valence-corrected chi connectivity index (χ3v) is 8.99. The number of allylic oxidation sites excluding steroid dienone is 1. The van der Waals surface area contributed by atoms with E-state index in [1.54, 1.807) is 30.2 Å². The molecule has 1 saturated heterocycles. The molecule has 0 spiro atoms. The van der Waals surface area contributed by atoms with Crippen molar-refractivity contribution in [2.45, 2.75) is 45.1 Å². The summed E-state index contributed by atoms with van der Waals surface area (Å²) >= 11 is 13.4. The number of aryl methyl sites for hydroxylation is 1. The molecular weight excluding hydrogens is 659 g/mol. The van der Waals surface area contributed by atoms with Gasteiger partial charge in [-0.15, -0.1) is 0 Å². The molecule has 2 aliphatic rings. The number of dihydropyridines is 1. The molecule has 2 aliphatic heterocycles. The summed E-state index contributed by atoms with van der Waals surface area (Å²) in [6.07, 6.45) is 0.563. The van der Waals surface area contributed by atoms with Gasteiger partial charge >= 0.3 is 11.9 Å². The Labute approximate surface area is 291 Å². The molecule has 13 heteroatoms. The third kappa shape index (κ3) is 8.69. The molecule has 2 heterocycles. The number of rotatable bonds is 12. The minimum absolute atomic E-state index is 0.0336. The molecule has 0 aromatic heterocycles. The highest BCUT2D eigenvalue weighted by molar-refractivity contribution is 6.36. The van der Waals surface area contributed by atoms with Gasteiger partial charge in [0.05, 0.1) is 51.4 Å². The van der Waals surface area contributed by atoms with Gasteiger partial charge < -0.3 is 29.7 Å². The van der Waals surface area contributed by atoms with E-state index in [-0.39, 0.29) is 57.7 Å². The second-order valence-corrected chi connectivity index (χ2v) is 12.6. The SMILES string of the molecule is COC(=O)C1=C(CCc2ccccc2OC)NC(CC(=O)N2CCN(CC(=O)NC(C)C)CC2)=C(C(=O)OC)C1c1c(Cl)cccc1Cl. The largest absolute Gasteiger partial charge is 0.496 e. The van der Waals surface area contributed by atoms with Crippen LogP contribution in [0.3, 0.4) is 0 Å². The third-order valence-electron chi connectivity index (χ3n) is 8.34. The first kappa shape index (κ1) is 36.8. The zero-order valence-corrected chi connectivity index (χ0v) is 29.4. The van der Waals surface area contributed by atoms with Crippen molar-refractivity contribution >= 4 is 47.0 Å². The summed E-state index contributed by atoms with van der Waals surface area (Å²) in [4.78, 5) is 57.0. The Morgan fingerprint density at radius 1 is 0.854 bits per heavy atom. The van der Waals surface area contributed by atoms with E-state index >= 15 is 0 Å². The van der Waals surface area contributed by atoms with Crippen molar-refractivity contribution < 1.29 is 33.4 Å². The van der Waals surface area contributed by atoms with Crippen molar-refractivity contribution in [1.82, 2.24) is 20.4 Å². The van der Waals surface area contributed by atoms with Crippen LogP contribution in [-0.2, 0) is 35.1 Å². The number of piperazine rings is 1. The lowest BCUT2D eigenvalue weighted by Gasteiger charge is -2.36. The van der Waals surface area contributed by atoms with Crippen LogP contribution >= 0.6 is 23.2 Å². The highest BCUT2D eigenvalue weighted by Crippen LogP contribution is 2.46. The number of nitrogens with zero attached hydrogens (tertiary/aromatic N) is 2. The molecule has 0 radical (unpaired) electrons. The lowest BCUT2D eigenvalue weighted by atomic mass is 9.78. The quantitative estimate of drug-likeness (QED) is 0.313. The predicted octanol–water partition coefficient (Wildman–Crippen LogP) is 4.23. The lowest BCUT2D eigenvalue weighted by molar-refractivity contribution is -0.137. The standard InChI is InChI=1S/C35H42Cl2N4O7/c1-21(2)38-28(42)20-40-15-17-41(18-16-40)29(43)19-26-32(35(45)48-5)33(30-23(36)10-8-11-24(30)37)31(34(44)47-4)25(39-26)14-13-22-9-6-7-12-27(22)46-3/h6-12,21,33,39H,13-20H2,1-5H3,(H,38,42). The first-order valence-corrected chi connectivity index (χ1v) is 16.5. The molecule has 1 unspecified atom stereocenters. The fraction of sp³-hybridized carbons (Fsp3) is 0.429. The molecule has 2 aromatic rings. The van der Waals surface area contributed by atoms with Gasteiger partial charge in [0.1, 0.15) is 5.75 Å². The molecule has 1 fully saturated rings. The molecule has 258 valence electrons. The van der Waals surface area contributed by atoms with Gasteiger partial charge in [0.15, 0.2) is 0 Å². The maximum absolute atomic E-state index is 13.8. The summed E-state index contributed by atoms with van der Waals surface area (Å²) in [7, 11) is 4.07. The Morgan fingerprint density at radius 3 is 2.04 bits per heavy atom. The summed E-state index contributed by atoms with van der Waals surface area (Å²) in [6, 6.07) is 12.5. The molecule has 0 aliphatic carbocycles. The highest BCUT2D eigenvalue weighted by Gasteiger charge is 2.42. The van der Waals surface area contributed by atoms with E-state index in [0.29, 0.717) is 56.0 Å². The van der Waals surface area contributed by atoms with Crippen LogP contribution in [0, 0.1) is 0 Å². The van der Waals surface area contributed by atoms with Crippen molar-refractivity contribution in [3.05, 3.63) is 86.2 Å². The molecule has 0 saturated carbocycles. The second kappa shape index (κ2) is 16.9. The predicted molar refractivity (Wildman–Crippen MR) is 183 cm³/mol. The number of methoxy groups -OCH3 is 3. The van der Waals surface area contributed by atoms with Crippen LogP contribution in [0.15, 0.2) is 65.0 Å². The fourth-order valence-corrected chi connectivity index (χ4v) is 6.70. The zero-order chi connectivity index (χ0) is 35.0. The number of carbonyl (C=O) groups is 4. The summed E-state index contributed by atoms with van der Waals surface area (Å²) in [5, 5.41) is 6.62. The maximum Gasteiger partial charge on any atom is 0.336 e. The number of hydrogen-bond acceptors (Lipinski definition) is 9. The van der Waals surface area contributed by atoms with E-state index < -0.39 is 17.9 Å². The zero-order valence-electron chi connectivity index (χ0n) is 27.9. The van der Waals surface area contributed by atoms with Crippen LogP contribution in [0.2, 0.25) is 10.0 Å². The normalized spacial score (nSPS) is 16.8. The molecule has 1 atom stereocenters. The number of halogens is 2. The van der Waals surface area contributed by atoms with Crippen molar-refractivity contribution in [2.24, 2.45) is 0 Å². The van der Waals surface area contributed by atoms with E-state index in [1.807, 2.05) is 43.0 Å². The van der Waals surface area contributed by atoms with Crippen LogP contribution in [-0.4, -0.2) is 93.6 Å². The number of benzene rings is 2. The average molecular weight is 702 g/mol. The van der Waals surface area contributed by atoms with Crippen molar-refractivity contribution in [3.63, 3.8) is 0 Å². The van der Waals surface area contributed by atoms with E-state index in [9.17, 15) is 19.2 Å². The van der Waals surface area contributed by atoms with Crippen molar-refractivity contribution in [1.29, 1.82) is 0 Å². The van der Waals surface area contributed by atoms with Gasteiger partial charge in [-0.2, -0.15) is 0 Å². The topological polar surface area (TPSA) is 127 Å². The first-order chi connectivity index (χ1) is 23.0. The van der Waals surface area contributed by atoms with Crippen LogP contribution in [0.1, 0.15) is 43.7 Å². The number of esters is 2. The summed E-state index contributed by atoms with van der Waals surface area (Å²) in [5.74, 6) is -2.16. The van der Waals surface area contributed by atoms with Gasteiger partial charge in [-0.05, 0) is 50.5 Å². The van der Waals surface area contributed by atoms with Gasteiger partial charge in [-0.1, -0.05) is 47.5 Å². The number of amides is 2. The Balaban J connectivity index is 1.73. The van der Waals surface area contributed by atoms with Gasteiger partial charge in [0.25, 0.3) is 0 Å². The van der Waals surface area contributed by atoms with Gasteiger partial charge in [-0.25, -0.2) is 9.59 Å².